The van der Waals surface area contributed by atoms with Crippen LogP contribution in [-0.4, -0.2) is 11.0 Å². The molecule has 0 radical (unpaired) electrons. The zero-order chi connectivity index (χ0) is 13.8. The lowest BCUT2D eigenvalue weighted by Gasteiger charge is -2.08. The maximum Gasteiger partial charge on any atom is 0.255 e. The summed E-state index contributed by atoms with van der Waals surface area (Å²) >= 11 is 1.64. The van der Waals surface area contributed by atoms with E-state index in [0.717, 1.165) is 6.42 Å². The standard InChI is InChI=1S/C15H17NO2S/c1-3-11-7-8-19-13(11)9-16-15(18)12-6-4-5-10(2)14(12)17/h4-8,17H,3,9H2,1-2H3,(H,16,18). The Labute approximate surface area is 116 Å². The Bertz CT molecular complexity index is 590. The topological polar surface area (TPSA) is 49.3 Å². The van der Waals surface area contributed by atoms with Gasteiger partial charge in [0.05, 0.1) is 12.1 Å². The van der Waals surface area contributed by atoms with Crippen LogP contribution in [-0.2, 0) is 13.0 Å². The van der Waals surface area contributed by atoms with Crippen LogP contribution in [0.4, 0.5) is 0 Å². The molecule has 2 aromatic rings. The Morgan fingerprint density at radius 1 is 1.37 bits per heavy atom. The van der Waals surface area contributed by atoms with Crippen molar-refractivity contribution in [2.45, 2.75) is 26.8 Å². The minimum absolute atomic E-state index is 0.0573. The largest absolute Gasteiger partial charge is 0.507 e. The summed E-state index contributed by atoms with van der Waals surface area (Å²) in [5.74, 6) is -0.182. The molecule has 0 spiro atoms. The number of phenolic OH excluding ortho intramolecular Hbond substituents is 1. The van der Waals surface area contributed by atoms with E-state index in [1.165, 1.54) is 10.4 Å². The van der Waals surface area contributed by atoms with E-state index in [2.05, 4.69) is 18.3 Å². The fraction of sp³-hybridized carbons (Fsp3) is 0.267. The first-order valence-corrected chi connectivity index (χ1v) is 7.13. The van der Waals surface area contributed by atoms with Gasteiger partial charge in [-0.05, 0) is 42.0 Å². The van der Waals surface area contributed by atoms with Crippen LogP contribution in [0.3, 0.4) is 0 Å². The lowest BCUT2D eigenvalue weighted by molar-refractivity contribution is 0.0948. The van der Waals surface area contributed by atoms with Gasteiger partial charge in [0.1, 0.15) is 5.75 Å². The predicted octanol–water partition coefficient (Wildman–Crippen LogP) is 3.25. The van der Waals surface area contributed by atoms with Gasteiger partial charge in [-0.1, -0.05) is 19.1 Å². The van der Waals surface area contributed by atoms with Crippen molar-refractivity contribution >= 4 is 17.2 Å². The number of carbonyl (C=O) groups is 1. The molecular weight excluding hydrogens is 258 g/mol. The molecule has 0 atom stereocenters. The highest BCUT2D eigenvalue weighted by Gasteiger charge is 2.12. The molecule has 0 unspecified atom stereocenters. The molecule has 0 aliphatic rings. The molecule has 0 aliphatic carbocycles. The smallest absolute Gasteiger partial charge is 0.255 e. The summed E-state index contributed by atoms with van der Waals surface area (Å²) in [5, 5.41) is 14.8. The van der Waals surface area contributed by atoms with Gasteiger partial charge in [0.2, 0.25) is 0 Å². The molecule has 1 heterocycles. The second-order valence-electron chi connectivity index (χ2n) is 4.38. The molecular formula is C15H17NO2S. The Morgan fingerprint density at radius 2 is 2.16 bits per heavy atom. The van der Waals surface area contributed by atoms with E-state index < -0.39 is 0 Å². The fourth-order valence-corrected chi connectivity index (χ4v) is 2.85. The minimum atomic E-state index is -0.239. The first-order chi connectivity index (χ1) is 9.13. The summed E-state index contributed by atoms with van der Waals surface area (Å²) in [4.78, 5) is 13.2. The zero-order valence-electron chi connectivity index (χ0n) is 11.1. The number of nitrogens with one attached hydrogen (secondary N) is 1. The SMILES string of the molecule is CCc1ccsc1CNC(=O)c1cccc(C)c1O. The molecule has 0 saturated heterocycles. The van der Waals surface area contributed by atoms with Crippen LogP contribution < -0.4 is 5.32 Å². The van der Waals surface area contributed by atoms with Crippen molar-refractivity contribution < 1.29 is 9.90 Å². The predicted molar refractivity (Wildman–Crippen MR) is 77.7 cm³/mol. The van der Waals surface area contributed by atoms with Crippen LogP contribution in [0.5, 0.6) is 5.75 Å². The van der Waals surface area contributed by atoms with Gasteiger partial charge in [-0.3, -0.25) is 4.79 Å². The number of aryl methyl sites for hydroxylation is 2. The molecule has 100 valence electrons. The first-order valence-electron chi connectivity index (χ1n) is 6.25. The highest BCUT2D eigenvalue weighted by atomic mass is 32.1. The molecule has 0 saturated carbocycles. The average Bonchev–Trinajstić information content (AvgIpc) is 2.86. The van der Waals surface area contributed by atoms with E-state index in [0.29, 0.717) is 17.7 Å². The van der Waals surface area contributed by atoms with Crippen molar-refractivity contribution in [1.29, 1.82) is 0 Å². The average molecular weight is 275 g/mol. The third-order valence-corrected chi connectivity index (χ3v) is 4.07. The van der Waals surface area contributed by atoms with Crippen LogP contribution in [0.2, 0.25) is 0 Å². The lowest BCUT2D eigenvalue weighted by Crippen LogP contribution is -2.23. The molecule has 3 nitrogen and oxygen atoms in total. The summed E-state index contributed by atoms with van der Waals surface area (Å²) in [5.41, 5.74) is 2.30. The van der Waals surface area contributed by atoms with Gasteiger partial charge in [0.25, 0.3) is 5.91 Å². The van der Waals surface area contributed by atoms with Gasteiger partial charge < -0.3 is 10.4 Å². The van der Waals surface area contributed by atoms with Crippen molar-refractivity contribution in [2.24, 2.45) is 0 Å². The van der Waals surface area contributed by atoms with Gasteiger partial charge in [-0.2, -0.15) is 0 Å². The Morgan fingerprint density at radius 3 is 2.89 bits per heavy atom. The number of hydrogen-bond donors (Lipinski definition) is 2. The monoisotopic (exact) mass is 275 g/mol. The Balaban J connectivity index is 2.08. The van der Waals surface area contributed by atoms with Crippen molar-refractivity contribution in [3.05, 3.63) is 51.2 Å². The second kappa shape index (κ2) is 5.89. The van der Waals surface area contributed by atoms with Crippen LogP contribution in [0.1, 0.15) is 33.3 Å². The van der Waals surface area contributed by atoms with E-state index in [9.17, 15) is 9.90 Å². The fourth-order valence-electron chi connectivity index (χ4n) is 1.94. The molecule has 0 bridgehead atoms. The van der Waals surface area contributed by atoms with Crippen molar-refractivity contribution in [3.63, 3.8) is 0 Å². The molecule has 19 heavy (non-hydrogen) atoms. The van der Waals surface area contributed by atoms with Crippen LogP contribution >= 0.6 is 11.3 Å². The molecule has 1 aromatic heterocycles. The number of carbonyl (C=O) groups excluding carboxylic acids is 1. The van der Waals surface area contributed by atoms with E-state index in [-0.39, 0.29) is 11.7 Å². The second-order valence-corrected chi connectivity index (χ2v) is 5.38. The highest BCUT2D eigenvalue weighted by molar-refractivity contribution is 7.10. The number of benzene rings is 1. The van der Waals surface area contributed by atoms with E-state index in [4.69, 9.17) is 0 Å². The molecule has 0 aliphatic heterocycles. The minimum Gasteiger partial charge on any atom is -0.507 e. The van der Waals surface area contributed by atoms with Gasteiger partial charge >= 0.3 is 0 Å². The molecule has 2 rings (SSSR count). The van der Waals surface area contributed by atoms with Gasteiger partial charge in [-0.25, -0.2) is 0 Å². The van der Waals surface area contributed by atoms with Crippen LogP contribution in [0.15, 0.2) is 29.6 Å². The number of hydrogen-bond acceptors (Lipinski definition) is 3. The number of rotatable bonds is 4. The van der Waals surface area contributed by atoms with E-state index >= 15 is 0 Å². The quantitative estimate of drug-likeness (QED) is 0.900. The maximum absolute atomic E-state index is 12.0. The number of thiophene rings is 1. The van der Waals surface area contributed by atoms with E-state index in [1.54, 1.807) is 36.5 Å². The molecule has 2 N–H and O–H groups in total. The summed E-state index contributed by atoms with van der Waals surface area (Å²) in [7, 11) is 0. The third-order valence-electron chi connectivity index (χ3n) is 3.11. The summed E-state index contributed by atoms with van der Waals surface area (Å²) in [6, 6.07) is 7.26. The zero-order valence-corrected chi connectivity index (χ0v) is 11.9. The first kappa shape index (κ1) is 13.6. The molecule has 0 fully saturated rings. The number of phenols is 1. The summed E-state index contributed by atoms with van der Waals surface area (Å²) < 4.78 is 0. The maximum atomic E-state index is 12.0. The van der Waals surface area contributed by atoms with Crippen molar-refractivity contribution in [1.82, 2.24) is 5.32 Å². The van der Waals surface area contributed by atoms with Crippen molar-refractivity contribution in [2.75, 3.05) is 0 Å². The van der Waals surface area contributed by atoms with Gasteiger partial charge in [0, 0.05) is 4.88 Å². The number of amides is 1. The van der Waals surface area contributed by atoms with Crippen LogP contribution in [0.25, 0.3) is 0 Å². The summed E-state index contributed by atoms with van der Waals surface area (Å²) in [6.45, 7) is 4.38. The Hall–Kier alpha value is -1.81. The van der Waals surface area contributed by atoms with Crippen molar-refractivity contribution in [3.8, 4) is 5.75 Å². The lowest BCUT2D eigenvalue weighted by atomic mass is 10.1. The summed E-state index contributed by atoms with van der Waals surface area (Å²) in [6.07, 6.45) is 0.963. The van der Waals surface area contributed by atoms with Gasteiger partial charge in [0.15, 0.2) is 0 Å². The number of aromatic hydroxyl groups is 1. The normalized spacial score (nSPS) is 10.4. The molecule has 1 aromatic carbocycles. The number of para-hydroxylation sites is 1. The van der Waals surface area contributed by atoms with Crippen LogP contribution in [0, 0.1) is 6.92 Å². The van der Waals surface area contributed by atoms with Gasteiger partial charge in [-0.15, -0.1) is 11.3 Å². The highest BCUT2D eigenvalue weighted by Crippen LogP contribution is 2.22. The molecule has 4 heteroatoms. The van der Waals surface area contributed by atoms with E-state index in [1.807, 2.05) is 5.38 Å². The molecule has 1 amide bonds. The Kier molecular flexibility index (Phi) is 4.22. The third kappa shape index (κ3) is 2.96.